The van der Waals surface area contributed by atoms with Gasteiger partial charge in [-0.1, -0.05) is 52.3 Å². The van der Waals surface area contributed by atoms with E-state index in [4.69, 9.17) is 0 Å². The maximum Gasteiger partial charge on any atom is 0.0340 e. The largest absolute Gasteiger partial charge is 0.385 e. The Labute approximate surface area is 129 Å². The van der Waals surface area contributed by atoms with Crippen LogP contribution in [0.25, 0.3) is 0 Å². The van der Waals surface area contributed by atoms with E-state index < -0.39 is 0 Å². The number of halogens is 1. The van der Waals surface area contributed by atoms with Gasteiger partial charge in [-0.3, -0.25) is 0 Å². The minimum atomic E-state index is 0.979. The molecule has 0 radical (unpaired) electrons. The second kappa shape index (κ2) is 8.08. The molecule has 0 saturated heterocycles. The molecule has 0 heterocycles. The van der Waals surface area contributed by atoms with Gasteiger partial charge in [0.25, 0.3) is 0 Å². The van der Waals surface area contributed by atoms with Gasteiger partial charge in [0.1, 0.15) is 0 Å². The van der Waals surface area contributed by atoms with E-state index in [9.17, 15) is 0 Å². The summed E-state index contributed by atoms with van der Waals surface area (Å²) >= 11 is 3.60. The van der Waals surface area contributed by atoms with Crippen LogP contribution in [0.3, 0.4) is 0 Å². The lowest BCUT2D eigenvalue weighted by Gasteiger charge is -2.17. The number of anilines is 1. The SMILES string of the molecule is CN(CCCNc1ccccc1)Cc1ccccc1Br. The number of rotatable bonds is 7. The van der Waals surface area contributed by atoms with E-state index in [0.29, 0.717) is 0 Å². The van der Waals surface area contributed by atoms with E-state index in [2.05, 4.69) is 81.7 Å². The number of para-hydroxylation sites is 1. The van der Waals surface area contributed by atoms with Crippen LogP contribution in [0.4, 0.5) is 5.69 Å². The van der Waals surface area contributed by atoms with E-state index in [-0.39, 0.29) is 0 Å². The predicted octanol–water partition coefficient (Wildman–Crippen LogP) is 4.38. The molecular weight excluding hydrogens is 312 g/mol. The first-order valence-electron chi connectivity index (χ1n) is 6.96. The first-order valence-corrected chi connectivity index (χ1v) is 7.76. The molecule has 2 aromatic rings. The van der Waals surface area contributed by atoms with Crippen molar-refractivity contribution in [2.24, 2.45) is 0 Å². The standard InChI is InChI=1S/C17H21BrN2/c1-20(14-15-8-5-6-11-17(15)18)13-7-12-19-16-9-3-2-4-10-16/h2-6,8-11,19H,7,12-14H2,1H3. The lowest BCUT2D eigenvalue weighted by atomic mass is 10.2. The molecule has 1 N–H and O–H groups in total. The third kappa shape index (κ3) is 4.99. The fraction of sp³-hybridized carbons (Fsp3) is 0.294. The van der Waals surface area contributed by atoms with Crippen molar-refractivity contribution in [3.8, 4) is 0 Å². The first kappa shape index (κ1) is 15.1. The normalized spacial score (nSPS) is 10.8. The summed E-state index contributed by atoms with van der Waals surface area (Å²) in [5.74, 6) is 0. The zero-order valence-electron chi connectivity index (χ0n) is 11.8. The first-order chi connectivity index (χ1) is 9.75. The van der Waals surface area contributed by atoms with Crippen LogP contribution in [-0.2, 0) is 6.54 Å². The van der Waals surface area contributed by atoms with Gasteiger partial charge in [0, 0.05) is 23.2 Å². The fourth-order valence-corrected chi connectivity index (χ4v) is 2.54. The molecule has 2 nitrogen and oxygen atoms in total. The summed E-state index contributed by atoms with van der Waals surface area (Å²) in [5.41, 5.74) is 2.53. The van der Waals surface area contributed by atoms with E-state index in [1.165, 1.54) is 15.7 Å². The molecular formula is C17H21BrN2. The summed E-state index contributed by atoms with van der Waals surface area (Å²) in [5, 5.41) is 3.44. The number of nitrogens with one attached hydrogen (secondary N) is 1. The Hall–Kier alpha value is -1.32. The molecule has 0 aromatic heterocycles. The topological polar surface area (TPSA) is 15.3 Å². The monoisotopic (exact) mass is 332 g/mol. The third-order valence-electron chi connectivity index (χ3n) is 3.22. The molecule has 0 amide bonds. The molecule has 106 valence electrons. The number of hydrogen-bond donors (Lipinski definition) is 1. The highest BCUT2D eigenvalue weighted by atomic mass is 79.9. The maximum absolute atomic E-state index is 3.60. The number of nitrogens with zero attached hydrogens (tertiary/aromatic N) is 1. The average Bonchev–Trinajstić information content (AvgIpc) is 2.47. The molecule has 0 aliphatic heterocycles. The Kier molecular flexibility index (Phi) is 6.09. The van der Waals surface area contributed by atoms with Crippen LogP contribution < -0.4 is 5.32 Å². The molecule has 0 bridgehead atoms. The van der Waals surface area contributed by atoms with Gasteiger partial charge < -0.3 is 10.2 Å². The van der Waals surface area contributed by atoms with Crippen LogP contribution >= 0.6 is 15.9 Å². The van der Waals surface area contributed by atoms with Crippen molar-refractivity contribution in [3.63, 3.8) is 0 Å². The van der Waals surface area contributed by atoms with Gasteiger partial charge >= 0.3 is 0 Å². The van der Waals surface area contributed by atoms with Crippen LogP contribution in [0, 0.1) is 0 Å². The molecule has 2 aromatic carbocycles. The Morgan fingerprint density at radius 2 is 1.70 bits per heavy atom. The second-order valence-corrected chi connectivity index (χ2v) is 5.83. The van der Waals surface area contributed by atoms with Crippen molar-refractivity contribution < 1.29 is 0 Å². The highest BCUT2D eigenvalue weighted by Gasteiger charge is 2.03. The van der Waals surface area contributed by atoms with Crippen LogP contribution in [0.5, 0.6) is 0 Å². The Morgan fingerprint density at radius 1 is 1.00 bits per heavy atom. The van der Waals surface area contributed by atoms with Crippen LogP contribution in [0.2, 0.25) is 0 Å². The van der Waals surface area contributed by atoms with Crippen molar-refractivity contribution >= 4 is 21.6 Å². The maximum atomic E-state index is 3.60. The van der Waals surface area contributed by atoms with E-state index in [1.54, 1.807) is 0 Å². The smallest absolute Gasteiger partial charge is 0.0340 e. The molecule has 0 fully saturated rings. The van der Waals surface area contributed by atoms with Crippen LogP contribution in [-0.4, -0.2) is 25.0 Å². The lowest BCUT2D eigenvalue weighted by molar-refractivity contribution is 0.325. The Morgan fingerprint density at radius 3 is 2.45 bits per heavy atom. The molecule has 0 spiro atoms. The molecule has 0 aliphatic rings. The van der Waals surface area contributed by atoms with Crippen molar-refractivity contribution in [1.82, 2.24) is 4.90 Å². The fourth-order valence-electron chi connectivity index (χ4n) is 2.13. The summed E-state index contributed by atoms with van der Waals surface area (Å²) in [6.07, 6.45) is 1.13. The number of hydrogen-bond acceptors (Lipinski definition) is 2. The molecule has 3 heteroatoms. The van der Waals surface area contributed by atoms with Gasteiger partial charge in [0.15, 0.2) is 0 Å². The van der Waals surface area contributed by atoms with Crippen molar-refractivity contribution in [2.45, 2.75) is 13.0 Å². The van der Waals surface area contributed by atoms with Crippen molar-refractivity contribution in [1.29, 1.82) is 0 Å². The molecule has 0 aliphatic carbocycles. The summed E-state index contributed by atoms with van der Waals surface area (Å²) in [6, 6.07) is 18.8. The molecule has 0 unspecified atom stereocenters. The van der Waals surface area contributed by atoms with Gasteiger partial charge in [0.2, 0.25) is 0 Å². The minimum Gasteiger partial charge on any atom is -0.385 e. The Bertz CT molecular complexity index is 513. The van der Waals surface area contributed by atoms with Crippen LogP contribution in [0.15, 0.2) is 59.1 Å². The van der Waals surface area contributed by atoms with Gasteiger partial charge in [-0.25, -0.2) is 0 Å². The van der Waals surface area contributed by atoms with Crippen LogP contribution in [0.1, 0.15) is 12.0 Å². The highest BCUT2D eigenvalue weighted by molar-refractivity contribution is 9.10. The molecule has 2 rings (SSSR count). The van der Waals surface area contributed by atoms with Gasteiger partial charge in [-0.15, -0.1) is 0 Å². The Balaban J connectivity index is 1.68. The van der Waals surface area contributed by atoms with E-state index in [1.807, 2.05) is 6.07 Å². The molecule has 0 saturated carbocycles. The quantitative estimate of drug-likeness (QED) is 0.757. The highest BCUT2D eigenvalue weighted by Crippen LogP contribution is 2.17. The van der Waals surface area contributed by atoms with E-state index >= 15 is 0 Å². The second-order valence-electron chi connectivity index (χ2n) is 4.98. The average molecular weight is 333 g/mol. The zero-order chi connectivity index (χ0) is 14.2. The van der Waals surface area contributed by atoms with Crippen molar-refractivity contribution in [3.05, 3.63) is 64.6 Å². The van der Waals surface area contributed by atoms with Gasteiger partial charge in [0.05, 0.1) is 0 Å². The summed E-state index contributed by atoms with van der Waals surface area (Å²) < 4.78 is 1.19. The zero-order valence-corrected chi connectivity index (χ0v) is 13.4. The minimum absolute atomic E-state index is 0.979. The predicted molar refractivity (Wildman–Crippen MR) is 90.0 cm³/mol. The summed E-state index contributed by atoms with van der Waals surface area (Å²) in [6.45, 7) is 3.07. The van der Waals surface area contributed by atoms with Gasteiger partial charge in [-0.2, -0.15) is 0 Å². The number of benzene rings is 2. The molecule has 20 heavy (non-hydrogen) atoms. The lowest BCUT2D eigenvalue weighted by Crippen LogP contribution is -2.21. The van der Waals surface area contributed by atoms with E-state index in [0.717, 1.165) is 26.1 Å². The summed E-state index contributed by atoms with van der Waals surface area (Å²) in [4.78, 5) is 2.35. The molecule has 0 atom stereocenters. The summed E-state index contributed by atoms with van der Waals surface area (Å²) in [7, 11) is 2.17. The third-order valence-corrected chi connectivity index (χ3v) is 3.99. The van der Waals surface area contributed by atoms with Gasteiger partial charge in [-0.05, 0) is 43.8 Å². The van der Waals surface area contributed by atoms with Crippen molar-refractivity contribution in [2.75, 3.05) is 25.5 Å².